The second-order valence-electron chi connectivity index (χ2n) is 13.3. The molecule has 3 aromatic carbocycles. The highest BCUT2D eigenvalue weighted by Gasteiger charge is 2.33. The topological polar surface area (TPSA) is 100 Å². The molecule has 5 rings (SSSR count). The van der Waals surface area contributed by atoms with Crippen molar-refractivity contribution in [3.63, 3.8) is 0 Å². The van der Waals surface area contributed by atoms with Gasteiger partial charge in [0.2, 0.25) is 11.8 Å². The Labute approximate surface area is 286 Å². The minimum Gasteiger partial charge on any atom is -0.392 e. The number of benzene rings is 3. The predicted octanol–water partition coefficient (Wildman–Crippen LogP) is 6.97. The van der Waals surface area contributed by atoms with Crippen molar-refractivity contribution in [1.29, 1.82) is 0 Å². The number of nitrogens with zero attached hydrogens (tertiary/aromatic N) is 1. The first kappa shape index (κ1) is 35.7. The van der Waals surface area contributed by atoms with Gasteiger partial charge in [-0.15, -0.1) is 0 Å². The molecular weight excluding hydrogens is 602 g/mol. The monoisotopic (exact) mass is 655 g/mol. The predicted molar refractivity (Wildman–Crippen MR) is 189 cm³/mol. The fourth-order valence-corrected chi connectivity index (χ4v) is 6.68. The largest absolute Gasteiger partial charge is 0.392 e. The molecule has 8 heteroatoms. The van der Waals surface area contributed by atoms with E-state index in [0.29, 0.717) is 19.5 Å². The number of rotatable bonds is 14. The number of likely N-dealkylation sites (tertiary alicyclic amines) is 1. The number of unbranched alkanes of at least 4 members (excludes halogenated alkanes) is 2. The number of carbonyl (C=O) groups excluding carboxylic acids is 2. The first-order valence-electron chi connectivity index (χ1n) is 17.9. The molecule has 2 aliphatic heterocycles. The highest BCUT2D eigenvalue weighted by Crippen LogP contribution is 2.39. The first-order valence-corrected chi connectivity index (χ1v) is 17.9. The summed E-state index contributed by atoms with van der Waals surface area (Å²) < 4.78 is 13.4. The molecule has 0 aliphatic carbocycles. The van der Waals surface area contributed by atoms with Gasteiger partial charge in [-0.3, -0.25) is 9.59 Å². The van der Waals surface area contributed by atoms with Gasteiger partial charge >= 0.3 is 0 Å². The van der Waals surface area contributed by atoms with Crippen molar-refractivity contribution in [2.24, 2.45) is 0 Å². The van der Waals surface area contributed by atoms with Crippen LogP contribution in [0.2, 0.25) is 0 Å². The maximum atomic E-state index is 12.5. The maximum absolute atomic E-state index is 12.5. The number of hydrogen-bond donors (Lipinski definition) is 3. The van der Waals surface area contributed by atoms with Crippen LogP contribution in [0.1, 0.15) is 106 Å². The zero-order chi connectivity index (χ0) is 33.6. The fourth-order valence-electron chi connectivity index (χ4n) is 6.68. The van der Waals surface area contributed by atoms with Crippen molar-refractivity contribution in [1.82, 2.24) is 15.5 Å². The summed E-state index contributed by atoms with van der Waals surface area (Å²) in [5.41, 5.74) is 6.17. The number of aliphatic hydroxyl groups is 1. The highest BCUT2D eigenvalue weighted by molar-refractivity contribution is 5.76. The van der Waals surface area contributed by atoms with Crippen molar-refractivity contribution < 1.29 is 24.2 Å². The Bertz CT molecular complexity index is 1440. The third kappa shape index (κ3) is 11.3. The molecule has 2 fully saturated rings. The van der Waals surface area contributed by atoms with Gasteiger partial charge in [0.25, 0.3) is 0 Å². The van der Waals surface area contributed by atoms with Crippen LogP contribution in [-0.4, -0.2) is 54.1 Å². The molecule has 0 bridgehead atoms. The van der Waals surface area contributed by atoms with Crippen LogP contribution in [0.5, 0.6) is 0 Å². The Balaban J connectivity index is 1.24. The Morgan fingerprint density at radius 1 is 0.792 bits per heavy atom. The summed E-state index contributed by atoms with van der Waals surface area (Å²) in [7, 11) is 0. The number of carbonyl (C=O) groups is 2. The van der Waals surface area contributed by atoms with Gasteiger partial charge in [-0.25, -0.2) is 0 Å². The SMILES string of the molecule is CC(=O)NCCCCCC(=O)NCc1cccc(-c2cccc(C3OC(CN4CCCCCCC4)CC(c4ccc(CO)cc4)O3)c2)c1. The van der Waals surface area contributed by atoms with Crippen LogP contribution < -0.4 is 10.6 Å². The summed E-state index contributed by atoms with van der Waals surface area (Å²) in [6.07, 6.45) is 9.71. The summed E-state index contributed by atoms with van der Waals surface area (Å²) in [5, 5.41) is 15.4. The maximum Gasteiger partial charge on any atom is 0.220 e. The van der Waals surface area contributed by atoms with Crippen molar-refractivity contribution in [2.45, 2.75) is 103 Å². The molecule has 3 N–H and O–H groups in total. The van der Waals surface area contributed by atoms with E-state index in [-0.39, 0.29) is 30.6 Å². The molecule has 0 aromatic heterocycles. The van der Waals surface area contributed by atoms with E-state index in [1.165, 1.54) is 39.0 Å². The van der Waals surface area contributed by atoms with Gasteiger partial charge in [-0.2, -0.15) is 0 Å². The lowest BCUT2D eigenvalue weighted by Gasteiger charge is -2.39. The summed E-state index contributed by atoms with van der Waals surface area (Å²) >= 11 is 0. The normalized spacial score (nSPS) is 20.4. The third-order valence-electron chi connectivity index (χ3n) is 9.39. The molecule has 8 nitrogen and oxygen atoms in total. The molecule has 2 saturated heterocycles. The zero-order valence-corrected chi connectivity index (χ0v) is 28.5. The van der Waals surface area contributed by atoms with Gasteiger partial charge < -0.3 is 30.1 Å². The molecule has 258 valence electrons. The number of nitrogens with one attached hydrogen (secondary N) is 2. The Hall–Kier alpha value is -3.56. The van der Waals surface area contributed by atoms with E-state index < -0.39 is 6.29 Å². The van der Waals surface area contributed by atoms with Gasteiger partial charge in [0.15, 0.2) is 6.29 Å². The lowest BCUT2D eigenvalue weighted by atomic mass is 9.98. The van der Waals surface area contributed by atoms with Crippen molar-refractivity contribution in [3.8, 4) is 11.1 Å². The number of hydrogen-bond acceptors (Lipinski definition) is 6. The number of ether oxygens (including phenoxy) is 2. The molecule has 0 spiro atoms. The van der Waals surface area contributed by atoms with Crippen LogP contribution in [0, 0.1) is 0 Å². The van der Waals surface area contributed by atoms with Gasteiger partial charge in [0, 0.05) is 45.0 Å². The van der Waals surface area contributed by atoms with E-state index in [0.717, 1.165) is 78.7 Å². The Morgan fingerprint density at radius 3 is 2.27 bits per heavy atom. The minimum absolute atomic E-state index is 0.0185. The lowest BCUT2D eigenvalue weighted by Crippen LogP contribution is -2.40. The van der Waals surface area contributed by atoms with Crippen LogP contribution in [0.25, 0.3) is 11.1 Å². The van der Waals surface area contributed by atoms with Gasteiger partial charge in [0.1, 0.15) is 0 Å². The molecule has 3 aromatic rings. The van der Waals surface area contributed by atoms with E-state index in [4.69, 9.17) is 9.47 Å². The standard InChI is InChI=1S/C40H53N3O5/c1-30(45)41-21-7-5-6-16-39(46)42-27-32-12-10-13-34(24-32)35-14-11-15-36(25-35)40-47-37(28-43-22-8-3-2-4-9-23-43)26-38(48-40)33-19-17-31(29-44)18-20-33/h10-15,17-20,24-25,37-38,40,44H,2-9,16,21-23,26-29H2,1H3,(H,41,45)(H,42,46). The second-order valence-corrected chi connectivity index (χ2v) is 13.3. The fraction of sp³-hybridized carbons (Fsp3) is 0.500. The Morgan fingerprint density at radius 2 is 1.52 bits per heavy atom. The molecule has 0 radical (unpaired) electrons. The lowest BCUT2D eigenvalue weighted by molar-refractivity contribution is -0.253. The summed E-state index contributed by atoms with van der Waals surface area (Å²) in [6, 6.07) is 24.8. The van der Waals surface area contributed by atoms with Crippen LogP contribution in [0.15, 0.2) is 72.8 Å². The Kier molecular flexibility index (Phi) is 14.0. The summed E-state index contributed by atoms with van der Waals surface area (Å²) in [4.78, 5) is 26.0. The number of amides is 2. The smallest absolute Gasteiger partial charge is 0.220 e. The second kappa shape index (κ2) is 18.8. The van der Waals surface area contributed by atoms with E-state index in [1.54, 1.807) is 0 Å². The summed E-state index contributed by atoms with van der Waals surface area (Å²) in [6.45, 7) is 5.81. The van der Waals surface area contributed by atoms with Crippen LogP contribution >= 0.6 is 0 Å². The molecule has 48 heavy (non-hydrogen) atoms. The van der Waals surface area contributed by atoms with E-state index in [9.17, 15) is 14.7 Å². The van der Waals surface area contributed by atoms with Crippen molar-refractivity contribution >= 4 is 11.8 Å². The highest BCUT2D eigenvalue weighted by atomic mass is 16.7. The van der Waals surface area contributed by atoms with E-state index in [1.807, 2.05) is 24.3 Å². The van der Waals surface area contributed by atoms with Gasteiger partial charge in [-0.1, -0.05) is 86.3 Å². The van der Waals surface area contributed by atoms with Gasteiger partial charge in [0.05, 0.1) is 18.8 Å². The van der Waals surface area contributed by atoms with E-state index in [2.05, 4.69) is 64.1 Å². The van der Waals surface area contributed by atoms with Crippen molar-refractivity contribution in [3.05, 3.63) is 95.1 Å². The average Bonchev–Trinajstić information content (AvgIpc) is 3.10. The molecule has 2 heterocycles. The van der Waals surface area contributed by atoms with Crippen LogP contribution in [0.3, 0.4) is 0 Å². The third-order valence-corrected chi connectivity index (χ3v) is 9.39. The number of aliphatic hydroxyl groups excluding tert-OH is 1. The minimum atomic E-state index is -0.498. The molecule has 2 amide bonds. The molecular formula is C40H53N3O5. The quantitative estimate of drug-likeness (QED) is 0.162. The zero-order valence-electron chi connectivity index (χ0n) is 28.5. The van der Waals surface area contributed by atoms with Crippen LogP contribution in [0.4, 0.5) is 0 Å². The molecule has 3 atom stereocenters. The first-order chi connectivity index (χ1) is 23.5. The summed E-state index contributed by atoms with van der Waals surface area (Å²) in [5.74, 6) is 0.0226. The van der Waals surface area contributed by atoms with Gasteiger partial charge in [-0.05, 0) is 78.7 Å². The molecule has 2 aliphatic rings. The van der Waals surface area contributed by atoms with Crippen molar-refractivity contribution in [2.75, 3.05) is 26.2 Å². The molecule has 0 saturated carbocycles. The molecule has 3 unspecified atom stereocenters. The van der Waals surface area contributed by atoms with Crippen LogP contribution in [-0.2, 0) is 32.2 Å². The van der Waals surface area contributed by atoms with E-state index >= 15 is 0 Å². The average molecular weight is 656 g/mol.